The third-order valence-corrected chi connectivity index (χ3v) is 4.18. The largest absolute Gasteiger partial charge is 0.384 e. The number of hydrogen-bond acceptors (Lipinski definition) is 4. The molecule has 2 rings (SSSR count). The van der Waals surface area contributed by atoms with E-state index in [9.17, 15) is 0 Å². The zero-order valence-electron chi connectivity index (χ0n) is 13.4. The molecule has 0 spiro atoms. The van der Waals surface area contributed by atoms with Crippen LogP contribution in [-0.4, -0.2) is 16.0 Å². The van der Waals surface area contributed by atoms with Crippen molar-refractivity contribution in [2.45, 2.75) is 65.3 Å². The van der Waals surface area contributed by atoms with E-state index in [4.69, 9.17) is 5.73 Å². The van der Waals surface area contributed by atoms with Gasteiger partial charge in [0.05, 0.1) is 0 Å². The number of anilines is 2. The molecular formula is C16H28N4. The normalized spacial score (nSPS) is 27.4. The van der Waals surface area contributed by atoms with Crippen molar-refractivity contribution >= 4 is 11.6 Å². The molecule has 20 heavy (non-hydrogen) atoms. The molecule has 1 aliphatic rings. The fourth-order valence-electron chi connectivity index (χ4n) is 2.95. The van der Waals surface area contributed by atoms with Gasteiger partial charge in [0.2, 0.25) is 0 Å². The quantitative estimate of drug-likeness (QED) is 0.866. The van der Waals surface area contributed by atoms with Crippen molar-refractivity contribution in [1.82, 2.24) is 9.97 Å². The standard InChI is InChI=1S/C16H28N4/c1-10-6-7-12(11(2)8-10)18-14-9-13(17)19-15(20-14)16(3,4)5/h9-12H,6-8H2,1-5H3,(H3,17,18,19,20). The molecule has 0 amide bonds. The summed E-state index contributed by atoms with van der Waals surface area (Å²) in [6, 6.07) is 2.34. The van der Waals surface area contributed by atoms with Crippen LogP contribution in [-0.2, 0) is 5.41 Å². The van der Waals surface area contributed by atoms with E-state index in [1.807, 2.05) is 6.07 Å². The number of hydrogen-bond donors (Lipinski definition) is 2. The highest BCUT2D eigenvalue weighted by Crippen LogP contribution is 2.31. The van der Waals surface area contributed by atoms with Gasteiger partial charge in [0.1, 0.15) is 17.5 Å². The summed E-state index contributed by atoms with van der Waals surface area (Å²) in [5.41, 5.74) is 5.84. The van der Waals surface area contributed by atoms with E-state index in [0.29, 0.717) is 17.8 Å². The van der Waals surface area contributed by atoms with Crippen LogP contribution in [0.2, 0.25) is 0 Å². The average Bonchev–Trinajstić information content (AvgIpc) is 2.31. The van der Waals surface area contributed by atoms with Crippen LogP contribution in [0.5, 0.6) is 0 Å². The molecule has 4 nitrogen and oxygen atoms in total. The van der Waals surface area contributed by atoms with E-state index < -0.39 is 0 Å². The van der Waals surface area contributed by atoms with Crippen molar-refractivity contribution in [1.29, 1.82) is 0 Å². The fraction of sp³-hybridized carbons (Fsp3) is 0.750. The summed E-state index contributed by atoms with van der Waals surface area (Å²) >= 11 is 0. The molecule has 1 aromatic rings. The van der Waals surface area contributed by atoms with Crippen LogP contribution in [0.1, 0.15) is 59.7 Å². The van der Waals surface area contributed by atoms with E-state index in [-0.39, 0.29) is 5.41 Å². The summed E-state index contributed by atoms with van der Waals surface area (Å²) in [5, 5.41) is 3.57. The van der Waals surface area contributed by atoms with Crippen molar-refractivity contribution in [3.8, 4) is 0 Å². The second-order valence-electron chi connectivity index (χ2n) is 7.40. The Labute approximate surface area is 122 Å². The first kappa shape index (κ1) is 15.1. The first-order valence-corrected chi connectivity index (χ1v) is 7.67. The summed E-state index contributed by atoms with van der Waals surface area (Å²) in [5.74, 6) is 3.73. The first-order chi connectivity index (χ1) is 9.25. The van der Waals surface area contributed by atoms with Crippen molar-refractivity contribution in [3.05, 3.63) is 11.9 Å². The molecule has 3 N–H and O–H groups in total. The maximum absolute atomic E-state index is 5.93. The Morgan fingerprint density at radius 2 is 1.90 bits per heavy atom. The average molecular weight is 276 g/mol. The number of aromatic nitrogens is 2. The molecule has 4 heteroatoms. The van der Waals surface area contributed by atoms with Crippen molar-refractivity contribution in [2.24, 2.45) is 11.8 Å². The lowest BCUT2D eigenvalue weighted by molar-refractivity contribution is 0.276. The van der Waals surface area contributed by atoms with Gasteiger partial charge in [-0.2, -0.15) is 0 Å². The molecule has 1 aromatic heterocycles. The molecule has 0 aliphatic heterocycles. The summed E-state index contributed by atoms with van der Waals surface area (Å²) in [4.78, 5) is 9.01. The summed E-state index contributed by atoms with van der Waals surface area (Å²) < 4.78 is 0. The smallest absolute Gasteiger partial charge is 0.138 e. The van der Waals surface area contributed by atoms with E-state index in [0.717, 1.165) is 17.6 Å². The van der Waals surface area contributed by atoms with Gasteiger partial charge in [-0.3, -0.25) is 0 Å². The van der Waals surface area contributed by atoms with Crippen LogP contribution < -0.4 is 11.1 Å². The van der Waals surface area contributed by atoms with E-state index >= 15 is 0 Å². The lowest BCUT2D eigenvalue weighted by Crippen LogP contribution is -2.33. The van der Waals surface area contributed by atoms with E-state index in [1.165, 1.54) is 19.3 Å². The Hall–Kier alpha value is -1.32. The Morgan fingerprint density at radius 3 is 2.50 bits per heavy atom. The molecule has 0 bridgehead atoms. The lowest BCUT2D eigenvalue weighted by atomic mass is 9.80. The minimum Gasteiger partial charge on any atom is -0.384 e. The van der Waals surface area contributed by atoms with Gasteiger partial charge in [-0.1, -0.05) is 34.6 Å². The fourth-order valence-corrected chi connectivity index (χ4v) is 2.95. The SMILES string of the molecule is CC1CCC(Nc2cc(N)nc(C(C)(C)C)n2)C(C)C1. The zero-order valence-corrected chi connectivity index (χ0v) is 13.4. The van der Waals surface area contributed by atoms with Gasteiger partial charge in [0, 0.05) is 17.5 Å². The predicted molar refractivity (Wildman–Crippen MR) is 84.7 cm³/mol. The Kier molecular flexibility index (Phi) is 4.21. The van der Waals surface area contributed by atoms with E-state index in [2.05, 4.69) is 49.9 Å². The molecule has 0 saturated heterocycles. The maximum atomic E-state index is 5.93. The van der Waals surface area contributed by atoms with Crippen LogP contribution in [0.25, 0.3) is 0 Å². The molecule has 3 unspecified atom stereocenters. The van der Waals surface area contributed by atoms with Gasteiger partial charge < -0.3 is 11.1 Å². The maximum Gasteiger partial charge on any atom is 0.138 e. The molecule has 3 atom stereocenters. The predicted octanol–water partition coefficient (Wildman–Crippen LogP) is 3.59. The minimum absolute atomic E-state index is 0.0848. The minimum atomic E-state index is -0.0848. The number of nitrogens with zero attached hydrogens (tertiary/aromatic N) is 2. The molecule has 0 aromatic carbocycles. The highest BCUT2D eigenvalue weighted by Gasteiger charge is 2.26. The van der Waals surface area contributed by atoms with Crippen molar-refractivity contribution < 1.29 is 0 Å². The summed E-state index contributed by atoms with van der Waals surface area (Å²) in [6.45, 7) is 11.0. The number of nitrogen functional groups attached to an aromatic ring is 1. The third kappa shape index (κ3) is 3.62. The van der Waals surface area contributed by atoms with Crippen molar-refractivity contribution in [3.63, 3.8) is 0 Å². The molecular weight excluding hydrogens is 248 g/mol. The lowest BCUT2D eigenvalue weighted by Gasteiger charge is -2.33. The third-order valence-electron chi connectivity index (χ3n) is 4.18. The Bertz CT molecular complexity index is 464. The van der Waals surface area contributed by atoms with Gasteiger partial charge >= 0.3 is 0 Å². The first-order valence-electron chi connectivity index (χ1n) is 7.67. The second-order valence-corrected chi connectivity index (χ2v) is 7.40. The Balaban J connectivity index is 2.15. The van der Waals surface area contributed by atoms with Crippen LogP contribution in [0, 0.1) is 11.8 Å². The number of rotatable bonds is 2. The van der Waals surface area contributed by atoms with Gasteiger partial charge in [-0.05, 0) is 31.1 Å². The molecule has 1 fully saturated rings. The van der Waals surface area contributed by atoms with Crippen LogP contribution >= 0.6 is 0 Å². The Morgan fingerprint density at radius 1 is 1.20 bits per heavy atom. The van der Waals surface area contributed by atoms with Crippen LogP contribution in [0.4, 0.5) is 11.6 Å². The highest BCUT2D eigenvalue weighted by atomic mass is 15.1. The van der Waals surface area contributed by atoms with E-state index in [1.54, 1.807) is 0 Å². The topological polar surface area (TPSA) is 63.8 Å². The highest BCUT2D eigenvalue weighted by molar-refractivity contribution is 5.46. The number of nitrogens with two attached hydrogens (primary N) is 1. The molecule has 1 heterocycles. The second kappa shape index (κ2) is 5.58. The van der Waals surface area contributed by atoms with Crippen molar-refractivity contribution in [2.75, 3.05) is 11.1 Å². The van der Waals surface area contributed by atoms with Crippen LogP contribution in [0.15, 0.2) is 6.07 Å². The summed E-state index contributed by atoms with van der Waals surface area (Å²) in [6.07, 6.45) is 3.77. The molecule has 112 valence electrons. The summed E-state index contributed by atoms with van der Waals surface area (Å²) in [7, 11) is 0. The molecule has 0 radical (unpaired) electrons. The van der Waals surface area contributed by atoms with Crippen LogP contribution in [0.3, 0.4) is 0 Å². The van der Waals surface area contributed by atoms with Gasteiger partial charge in [-0.25, -0.2) is 9.97 Å². The van der Waals surface area contributed by atoms with Gasteiger partial charge in [0.25, 0.3) is 0 Å². The monoisotopic (exact) mass is 276 g/mol. The molecule has 1 aliphatic carbocycles. The zero-order chi connectivity index (χ0) is 14.9. The van der Waals surface area contributed by atoms with Gasteiger partial charge in [0.15, 0.2) is 0 Å². The van der Waals surface area contributed by atoms with Gasteiger partial charge in [-0.15, -0.1) is 0 Å². The number of nitrogens with one attached hydrogen (secondary N) is 1. The molecule has 1 saturated carbocycles.